The SMILES string of the molecule is CCCCCCN1CC2C(C1)C2(C)c1cccc(NS(=O)(=O)CCN)c1.CCCCCCN1CC2C(C1)C2(C)c1cccc(NS(=O)(=O)CCN2C(=O)c3ccccc3C2=O)c1.NN.O.[HH].[HH]. The minimum atomic E-state index is -3.74. The lowest BCUT2D eigenvalue weighted by Gasteiger charge is -2.25. The molecule has 2 saturated carbocycles. The van der Waals surface area contributed by atoms with Crippen LogP contribution in [-0.4, -0.2) is 113 Å². The van der Waals surface area contributed by atoms with Gasteiger partial charge in [-0.1, -0.05) is 103 Å². The number of benzene rings is 3. The zero-order chi connectivity index (χ0) is 46.3. The van der Waals surface area contributed by atoms with Crippen LogP contribution < -0.4 is 26.9 Å². The van der Waals surface area contributed by atoms with Gasteiger partial charge >= 0.3 is 0 Å². The third kappa shape index (κ3) is 11.8. The van der Waals surface area contributed by atoms with Crippen LogP contribution in [0.25, 0.3) is 0 Å². The van der Waals surface area contributed by atoms with Crippen molar-refractivity contribution in [3.63, 3.8) is 0 Å². The van der Waals surface area contributed by atoms with Crippen LogP contribution in [0.5, 0.6) is 0 Å². The van der Waals surface area contributed by atoms with E-state index >= 15 is 0 Å². The number of hydrogen-bond donors (Lipinski definition) is 5. The van der Waals surface area contributed by atoms with Crippen LogP contribution in [0.1, 0.15) is 114 Å². The molecule has 2 saturated heterocycles. The van der Waals surface area contributed by atoms with E-state index in [0.29, 0.717) is 46.2 Å². The number of amides is 2. The van der Waals surface area contributed by atoms with Crippen molar-refractivity contribution < 1.29 is 34.8 Å². The first-order valence-corrected chi connectivity index (χ1v) is 26.6. The Labute approximate surface area is 390 Å². The number of piperidine rings is 2. The molecule has 0 radical (unpaired) electrons. The van der Waals surface area contributed by atoms with Crippen LogP contribution in [0, 0.1) is 23.7 Å². The Balaban J connectivity index is 0.000000343. The van der Waals surface area contributed by atoms with Crippen LogP contribution >= 0.6 is 0 Å². The zero-order valence-electron chi connectivity index (χ0n) is 38.8. The number of sulfonamides is 2. The standard InChI is InChI=1S/C28H35N3O4S.C20H33N3O2S.H4N2.H2O.2H2/c1-3-4-5-8-14-30-18-24-25(19-30)28(24,2)20-10-9-11-21(17-20)29-36(34,35)16-15-31-26(32)22-12-6-7-13-23(22)27(31)33;1-3-4-5-6-11-23-14-18-19(15-23)20(18,2)16-8-7-9-17(13-16)22-26(24,25)12-10-21;1-2;;;/h6-7,9-13,17,24-25,29H,3-5,8,14-16,18-19H2,1-2H3;7-9,13,18-19,22H,3-6,10-12,14-15,21H2,1-2H3;1-2H2;1H2;2*1H. The summed E-state index contributed by atoms with van der Waals surface area (Å²) in [5.41, 5.74) is 9.90. The number of hydrogen-bond acceptors (Lipinski definition) is 11. The first kappa shape index (κ1) is 52.0. The lowest BCUT2D eigenvalue weighted by molar-refractivity contribution is 0.0664. The van der Waals surface area contributed by atoms with Gasteiger partial charge in [0.25, 0.3) is 11.8 Å². The molecule has 15 nitrogen and oxygen atoms in total. The summed E-state index contributed by atoms with van der Waals surface area (Å²) in [6.45, 7) is 16.1. The minimum Gasteiger partial charge on any atom is -0.412 e. The molecule has 0 spiro atoms. The van der Waals surface area contributed by atoms with Gasteiger partial charge in [-0.15, -0.1) is 0 Å². The fraction of sp³-hybridized carbons (Fsp3) is 0.583. The van der Waals surface area contributed by atoms with E-state index in [1.165, 1.54) is 88.7 Å². The van der Waals surface area contributed by atoms with E-state index in [1.807, 2.05) is 30.3 Å². The van der Waals surface area contributed by atoms with Crippen molar-refractivity contribution in [2.45, 2.75) is 89.9 Å². The number of nitrogens with one attached hydrogen (secondary N) is 2. The zero-order valence-corrected chi connectivity index (χ0v) is 40.4. The van der Waals surface area contributed by atoms with Crippen molar-refractivity contribution in [3.05, 3.63) is 95.1 Å². The van der Waals surface area contributed by atoms with Gasteiger partial charge in [-0.05, 0) is 97.1 Å². The predicted molar refractivity (Wildman–Crippen MR) is 265 cm³/mol. The summed E-state index contributed by atoms with van der Waals surface area (Å²) in [5, 5.41) is 0. The fourth-order valence-corrected chi connectivity index (χ4v) is 12.7. The maximum absolute atomic E-state index is 12.8. The van der Waals surface area contributed by atoms with Gasteiger partial charge < -0.3 is 21.0 Å². The summed E-state index contributed by atoms with van der Waals surface area (Å²) in [7, 11) is -7.10. The van der Waals surface area contributed by atoms with Gasteiger partial charge in [0.1, 0.15) is 0 Å². The second-order valence-corrected chi connectivity index (χ2v) is 22.4. The number of hydrazine groups is 1. The predicted octanol–water partition coefficient (Wildman–Crippen LogP) is 5.40. The molecule has 8 rings (SSSR count). The second kappa shape index (κ2) is 22.2. The molecular weight excluding hydrogens is 865 g/mol. The Morgan fingerprint density at radius 1 is 0.600 bits per heavy atom. The number of nitrogens with zero attached hydrogens (tertiary/aromatic N) is 3. The van der Waals surface area contributed by atoms with E-state index in [4.69, 9.17) is 5.73 Å². The second-order valence-electron chi connectivity index (χ2n) is 18.7. The largest absolute Gasteiger partial charge is 0.412 e. The number of fused-ring (bicyclic) bond motifs is 3. The van der Waals surface area contributed by atoms with E-state index in [9.17, 15) is 26.4 Å². The van der Waals surface area contributed by atoms with E-state index in [2.05, 4.69) is 70.8 Å². The highest BCUT2D eigenvalue weighted by atomic mass is 32.2. The maximum atomic E-state index is 12.8. The first-order valence-electron chi connectivity index (χ1n) is 23.3. The number of likely N-dealkylation sites (tertiary alicyclic amines) is 2. The molecule has 364 valence electrons. The number of carbonyl (C=O) groups excluding carboxylic acids is 2. The molecule has 4 fully saturated rings. The molecule has 3 heterocycles. The molecule has 3 aliphatic heterocycles. The van der Waals surface area contributed by atoms with E-state index in [0.717, 1.165) is 18.0 Å². The molecule has 10 N–H and O–H groups in total. The van der Waals surface area contributed by atoms with Gasteiger partial charge in [-0.25, -0.2) is 16.8 Å². The van der Waals surface area contributed by atoms with Crippen LogP contribution in [0.4, 0.5) is 11.4 Å². The Bertz CT molecular complexity index is 2270. The molecule has 17 heteroatoms. The van der Waals surface area contributed by atoms with Gasteiger partial charge in [-0.3, -0.25) is 35.6 Å². The molecule has 4 unspecified atom stereocenters. The van der Waals surface area contributed by atoms with E-state index in [-0.39, 0.29) is 43.8 Å². The third-order valence-corrected chi connectivity index (χ3v) is 17.3. The highest BCUT2D eigenvalue weighted by molar-refractivity contribution is 7.93. The van der Waals surface area contributed by atoms with Gasteiger partial charge in [-0.2, -0.15) is 0 Å². The summed E-state index contributed by atoms with van der Waals surface area (Å²) in [5.74, 6) is 9.34. The number of rotatable bonds is 21. The minimum absolute atomic E-state index is 0. The molecule has 65 heavy (non-hydrogen) atoms. The summed E-state index contributed by atoms with van der Waals surface area (Å²) in [6, 6.07) is 22.2. The highest BCUT2D eigenvalue weighted by Gasteiger charge is 2.66. The average molecular weight is 943 g/mol. The van der Waals surface area contributed by atoms with E-state index in [1.54, 1.807) is 30.3 Å². The summed E-state index contributed by atoms with van der Waals surface area (Å²) >= 11 is 0. The van der Waals surface area contributed by atoms with Crippen molar-refractivity contribution in [1.82, 2.24) is 14.7 Å². The van der Waals surface area contributed by atoms with Gasteiger partial charge in [0.2, 0.25) is 20.0 Å². The molecule has 2 amide bonds. The van der Waals surface area contributed by atoms with Gasteiger partial charge in [0, 0.05) is 64.3 Å². The quantitative estimate of drug-likeness (QED) is 0.0392. The molecule has 3 aromatic rings. The topological polar surface area (TPSA) is 246 Å². The smallest absolute Gasteiger partial charge is 0.261 e. The Kier molecular flexibility index (Phi) is 17.8. The van der Waals surface area contributed by atoms with Crippen LogP contribution in [-0.2, 0) is 30.9 Å². The fourth-order valence-electron chi connectivity index (χ4n) is 10.8. The lowest BCUT2D eigenvalue weighted by Crippen LogP contribution is -2.35. The summed E-state index contributed by atoms with van der Waals surface area (Å²) in [4.78, 5) is 31.3. The number of anilines is 2. The third-order valence-electron chi connectivity index (χ3n) is 14.7. The highest BCUT2D eigenvalue weighted by Crippen LogP contribution is 2.64. The van der Waals surface area contributed by atoms with Crippen LogP contribution in [0.2, 0.25) is 0 Å². The van der Waals surface area contributed by atoms with Gasteiger partial charge in [0.05, 0.1) is 22.6 Å². The van der Waals surface area contributed by atoms with Crippen molar-refractivity contribution in [2.75, 3.05) is 73.3 Å². The lowest BCUT2D eigenvalue weighted by atomic mass is 9.92. The molecular formula is C48H78N8O7S2. The molecule has 0 bridgehead atoms. The Hall–Kier alpha value is -3.94. The number of carbonyl (C=O) groups is 2. The summed E-state index contributed by atoms with van der Waals surface area (Å²) in [6.07, 6.45) is 10.4. The number of nitrogens with two attached hydrogens (primary N) is 3. The van der Waals surface area contributed by atoms with Gasteiger partial charge in [0.15, 0.2) is 0 Å². The molecule has 4 atom stereocenters. The molecule has 2 aliphatic carbocycles. The van der Waals surface area contributed by atoms with E-state index < -0.39 is 31.9 Å². The van der Waals surface area contributed by atoms with Crippen LogP contribution in [0.3, 0.4) is 0 Å². The molecule has 5 aliphatic rings. The Morgan fingerprint density at radius 3 is 1.38 bits per heavy atom. The Morgan fingerprint density at radius 2 is 1.00 bits per heavy atom. The monoisotopic (exact) mass is 943 g/mol. The molecule has 0 aromatic heterocycles. The average Bonchev–Trinajstić information content (AvgIpc) is 3.67. The van der Waals surface area contributed by atoms with Crippen molar-refractivity contribution >= 4 is 43.2 Å². The van der Waals surface area contributed by atoms with Crippen molar-refractivity contribution in [2.24, 2.45) is 41.1 Å². The number of unbranched alkanes of at least 4 members (excludes halogenated alkanes) is 6. The van der Waals surface area contributed by atoms with Crippen molar-refractivity contribution in [1.29, 1.82) is 0 Å². The number of imide groups is 1. The maximum Gasteiger partial charge on any atom is 0.261 e. The normalized spacial score (nSPS) is 25.3. The van der Waals surface area contributed by atoms with Crippen molar-refractivity contribution in [3.8, 4) is 0 Å². The summed E-state index contributed by atoms with van der Waals surface area (Å²) < 4.78 is 54.9. The first-order chi connectivity index (χ1) is 30.6. The van der Waals surface area contributed by atoms with Crippen LogP contribution in [0.15, 0.2) is 72.8 Å². The molecule has 3 aromatic carbocycles.